The van der Waals surface area contributed by atoms with Crippen LogP contribution in [0.25, 0.3) is 5.65 Å². The maximum absolute atomic E-state index is 6.32. The van der Waals surface area contributed by atoms with Gasteiger partial charge in [-0.05, 0) is 47.8 Å². The van der Waals surface area contributed by atoms with Gasteiger partial charge in [-0.1, -0.05) is 19.3 Å². The highest BCUT2D eigenvalue weighted by Crippen LogP contribution is 2.36. The summed E-state index contributed by atoms with van der Waals surface area (Å²) in [5, 5.41) is 0. The molecule has 0 unspecified atom stereocenters. The van der Waals surface area contributed by atoms with E-state index >= 15 is 0 Å². The lowest BCUT2D eigenvalue weighted by Gasteiger charge is -2.20. The third kappa shape index (κ3) is 1.83. The Bertz CT molecular complexity index is 582. The molecule has 3 nitrogen and oxygen atoms in total. The molecule has 18 heavy (non-hydrogen) atoms. The Morgan fingerprint density at radius 2 is 2.00 bits per heavy atom. The molecule has 3 rings (SSSR count). The average molecular weight is 308 g/mol. The van der Waals surface area contributed by atoms with Gasteiger partial charge in [0.1, 0.15) is 11.5 Å². The fourth-order valence-corrected chi connectivity index (χ4v) is 3.29. The largest absolute Gasteiger partial charge is 0.383 e. The molecular weight excluding hydrogens is 290 g/mol. The van der Waals surface area contributed by atoms with Gasteiger partial charge in [0.2, 0.25) is 0 Å². The minimum Gasteiger partial charge on any atom is -0.383 e. The molecule has 4 heteroatoms. The number of imidazole rings is 1. The molecule has 0 spiro atoms. The lowest BCUT2D eigenvalue weighted by molar-refractivity contribution is 0.439. The van der Waals surface area contributed by atoms with Crippen molar-refractivity contribution in [2.75, 3.05) is 5.73 Å². The second kappa shape index (κ2) is 4.57. The zero-order valence-corrected chi connectivity index (χ0v) is 12.2. The van der Waals surface area contributed by atoms with Crippen LogP contribution in [0.3, 0.4) is 0 Å². The van der Waals surface area contributed by atoms with Crippen molar-refractivity contribution >= 4 is 27.4 Å². The van der Waals surface area contributed by atoms with E-state index in [1.165, 1.54) is 32.1 Å². The summed E-state index contributed by atoms with van der Waals surface area (Å²) in [6.45, 7) is 2.07. The van der Waals surface area contributed by atoms with Crippen molar-refractivity contribution in [2.24, 2.45) is 0 Å². The highest BCUT2D eigenvalue weighted by molar-refractivity contribution is 9.10. The first-order valence-corrected chi connectivity index (χ1v) is 7.40. The molecular formula is C14H18BrN3. The van der Waals surface area contributed by atoms with Gasteiger partial charge in [-0.3, -0.25) is 4.40 Å². The fraction of sp³-hybridized carbons (Fsp3) is 0.500. The van der Waals surface area contributed by atoms with Gasteiger partial charge in [-0.2, -0.15) is 0 Å². The number of nitrogens with zero attached hydrogens (tertiary/aromatic N) is 2. The smallest absolute Gasteiger partial charge is 0.138 e. The third-order valence-electron chi connectivity index (χ3n) is 4.02. The molecule has 2 aromatic rings. The second-order valence-electron chi connectivity index (χ2n) is 5.18. The molecule has 0 bridgehead atoms. The molecule has 1 saturated carbocycles. The molecule has 1 aliphatic rings. The minimum absolute atomic E-state index is 0.553. The van der Waals surface area contributed by atoms with Crippen LogP contribution in [0, 0.1) is 6.92 Å². The predicted molar refractivity (Wildman–Crippen MR) is 77.9 cm³/mol. The van der Waals surface area contributed by atoms with E-state index in [0.29, 0.717) is 5.92 Å². The van der Waals surface area contributed by atoms with Crippen LogP contribution < -0.4 is 5.73 Å². The number of halogens is 1. The van der Waals surface area contributed by atoms with E-state index in [0.717, 1.165) is 27.3 Å². The van der Waals surface area contributed by atoms with Crippen LogP contribution in [0.5, 0.6) is 0 Å². The van der Waals surface area contributed by atoms with Gasteiger partial charge in [-0.25, -0.2) is 4.98 Å². The van der Waals surface area contributed by atoms with Gasteiger partial charge in [0.25, 0.3) is 0 Å². The van der Waals surface area contributed by atoms with Gasteiger partial charge < -0.3 is 5.73 Å². The van der Waals surface area contributed by atoms with Crippen LogP contribution in [-0.4, -0.2) is 9.38 Å². The number of nitrogens with two attached hydrogens (primary N) is 1. The Labute approximate surface area is 116 Å². The molecule has 0 saturated heterocycles. The van der Waals surface area contributed by atoms with Crippen LogP contribution in [0.1, 0.15) is 49.4 Å². The van der Waals surface area contributed by atoms with Crippen molar-refractivity contribution in [3.8, 4) is 0 Å². The maximum Gasteiger partial charge on any atom is 0.138 e. The summed E-state index contributed by atoms with van der Waals surface area (Å²) in [7, 11) is 0. The number of hydrogen-bond acceptors (Lipinski definition) is 2. The van der Waals surface area contributed by atoms with Crippen LogP contribution in [0.15, 0.2) is 16.6 Å². The first kappa shape index (κ1) is 12.0. The molecule has 1 aliphatic carbocycles. The molecule has 0 aromatic carbocycles. The van der Waals surface area contributed by atoms with Gasteiger partial charge in [0.15, 0.2) is 0 Å². The number of fused-ring (bicyclic) bond motifs is 1. The fourth-order valence-electron chi connectivity index (χ4n) is 2.98. The third-order valence-corrected chi connectivity index (χ3v) is 4.86. The van der Waals surface area contributed by atoms with Gasteiger partial charge in [0.05, 0.1) is 5.69 Å². The summed E-state index contributed by atoms with van der Waals surface area (Å²) in [4.78, 5) is 4.76. The number of aromatic nitrogens is 2. The summed E-state index contributed by atoms with van der Waals surface area (Å²) < 4.78 is 3.14. The molecule has 0 aliphatic heterocycles. The zero-order chi connectivity index (χ0) is 12.7. The molecule has 2 heterocycles. The van der Waals surface area contributed by atoms with E-state index in [2.05, 4.69) is 27.3 Å². The van der Waals surface area contributed by atoms with Crippen LogP contribution in [0.2, 0.25) is 0 Å². The number of hydrogen-bond donors (Lipinski definition) is 1. The Kier molecular flexibility index (Phi) is 3.06. The first-order chi connectivity index (χ1) is 8.68. The summed E-state index contributed by atoms with van der Waals surface area (Å²) in [5.41, 5.74) is 9.52. The van der Waals surface area contributed by atoms with Crippen molar-refractivity contribution in [1.82, 2.24) is 9.38 Å². The predicted octanol–water partition coefficient (Wildman–Crippen LogP) is 4.04. The average Bonchev–Trinajstić information content (AvgIpc) is 2.73. The SMILES string of the molecule is Cc1c(Br)ccc2nc(C3CCCCC3)c(N)n12. The van der Waals surface area contributed by atoms with E-state index in [1.807, 2.05) is 12.1 Å². The summed E-state index contributed by atoms with van der Waals surface area (Å²) in [6.07, 6.45) is 6.43. The maximum atomic E-state index is 6.32. The van der Waals surface area contributed by atoms with E-state index in [1.54, 1.807) is 0 Å². The molecule has 0 atom stereocenters. The second-order valence-corrected chi connectivity index (χ2v) is 6.03. The molecule has 2 aromatic heterocycles. The van der Waals surface area contributed by atoms with Crippen molar-refractivity contribution in [2.45, 2.75) is 44.9 Å². The zero-order valence-electron chi connectivity index (χ0n) is 10.6. The van der Waals surface area contributed by atoms with Gasteiger partial charge >= 0.3 is 0 Å². The van der Waals surface area contributed by atoms with E-state index < -0.39 is 0 Å². The molecule has 2 N–H and O–H groups in total. The van der Waals surface area contributed by atoms with E-state index in [4.69, 9.17) is 10.7 Å². The molecule has 0 radical (unpaired) electrons. The number of aryl methyl sites for hydroxylation is 1. The summed E-state index contributed by atoms with van der Waals surface area (Å²) in [6, 6.07) is 4.07. The van der Waals surface area contributed by atoms with Gasteiger partial charge in [-0.15, -0.1) is 0 Å². The number of rotatable bonds is 1. The first-order valence-electron chi connectivity index (χ1n) is 6.61. The Hall–Kier alpha value is -1.03. The number of pyridine rings is 1. The van der Waals surface area contributed by atoms with Crippen molar-refractivity contribution in [1.29, 1.82) is 0 Å². The molecule has 1 fully saturated rings. The summed E-state index contributed by atoms with van der Waals surface area (Å²) >= 11 is 3.55. The lowest BCUT2D eigenvalue weighted by atomic mass is 9.87. The van der Waals surface area contributed by atoms with Crippen LogP contribution in [-0.2, 0) is 0 Å². The lowest BCUT2D eigenvalue weighted by Crippen LogP contribution is -2.08. The van der Waals surface area contributed by atoms with Crippen molar-refractivity contribution in [3.05, 3.63) is 28.0 Å². The molecule has 0 amide bonds. The number of anilines is 1. The monoisotopic (exact) mass is 307 g/mol. The standard InChI is InChI=1S/C14H18BrN3/c1-9-11(15)7-8-12-17-13(14(16)18(9)12)10-5-3-2-4-6-10/h7-8,10H,2-6,16H2,1H3. The van der Waals surface area contributed by atoms with Crippen molar-refractivity contribution in [3.63, 3.8) is 0 Å². The highest BCUT2D eigenvalue weighted by Gasteiger charge is 2.22. The summed E-state index contributed by atoms with van der Waals surface area (Å²) in [5.74, 6) is 1.38. The minimum atomic E-state index is 0.553. The van der Waals surface area contributed by atoms with Crippen molar-refractivity contribution < 1.29 is 0 Å². The number of nitrogen functional groups attached to an aromatic ring is 1. The van der Waals surface area contributed by atoms with Crippen LogP contribution >= 0.6 is 15.9 Å². The Balaban J connectivity index is 2.13. The highest BCUT2D eigenvalue weighted by atomic mass is 79.9. The normalized spacial score (nSPS) is 17.4. The van der Waals surface area contributed by atoms with Crippen LogP contribution in [0.4, 0.5) is 5.82 Å². The van der Waals surface area contributed by atoms with Gasteiger partial charge in [0, 0.05) is 16.1 Å². The quantitative estimate of drug-likeness (QED) is 0.864. The molecule has 96 valence electrons. The Morgan fingerprint density at radius 1 is 1.28 bits per heavy atom. The topological polar surface area (TPSA) is 43.3 Å². The van der Waals surface area contributed by atoms with E-state index in [9.17, 15) is 0 Å². The van der Waals surface area contributed by atoms with E-state index in [-0.39, 0.29) is 0 Å². The Morgan fingerprint density at radius 3 is 2.72 bits per heavy atom.